The van der Waals surface area contributed by atoms with Gasteiger partial charge in [-0.3, -0.25) is 0 Å². The number of hydrogen-bond donors (Lipinski definition) is 0. The molecule has 0 aliphatic rings. The van der Waals surface area contributed by atoms with Crippen LogP contribution >= 0.6 is 11.3 Å². The highest BCUT2D eigenvalue weighted by Crippen LogP contribution is 2.27. The fraction of sp³-hybridized carbons (Fsp3) is 0.0500. The van der Waals surface area contributed by atoms with Crippen molar-refractivity contribution in [2.45, 2.75) is 6.92 Å². The predicted octanol–water partition coefficient (Wildman–Crippen LogP) is 4.88. The van der Waals surface area contributed by atoms with E-state index in [1.54, 1.807) is 29.7 Å². The second kappa shape index (κ2) is 6.47. The van der Waals surface area contributed by atoms with E-state index in [1.807, 2.05) is 31.2 Å². The summed E-state index contributed by atoms with van der Waals surface area (Å²) in [5.41, 5.74) is 1.31. The number of nitrogens with zero attached hydrogens (tertiary/aromatic N) is 2. The second-order valence-electron chi connectivity index (χ2n) is 5.64. The summed E-state index contributed by atoms with van der Waals surface area (Å²) < 4.78 is 10.8. The van der Waals surface area contributed by atoms with E-state index in [4.69, 9.17) is 8.83 Å². The van der Waals surface area contributed by atoms with Gasteiger partial charge in [-0.1, -0.05) is 18.2 Å². The zero-order chi connectivity index (χ0) is 18.1. The Morgan fingerprint density at radius 2 is 2.08 bits per heavy atom. The minimum atomic E-state index is -0.454. The Hall–Kier alpha value is -3.43. The van der Waals surface area contributed by atoms with Gasteiger partial charge >= 0.3 is 5.63 Å². The number of rotatable bonds is 3. The number of aromatic nitrogens is 1. The van der Waals surface area contributed by atoms with Crippen LogP contribution in [0.25, 0.3) is 33.9 Å². The zero-order valence-electron chi connectivity index (χ0n) is 13.7. The highest BCUT2D eigenvalue weighted by atomic mass is 32.1. The van der Waals surface area contributed by atoms with Crippen molar-refractivity contribution >= 4 is 34.0 Å². The Morgan fingerprint density at radius 1 is 1.23 bits per heavy atom. The number of allylic oxidation sites excluding steroid dienone is 1. The van der Waals surface area contributed by atoms with E-state index in [0.29, 0.717) is 33.2 Å². The minimum Gasteiger partial charge on any atom is -0.462 e. The Morgan fingerprint density at radius 3 is 2.85 bits per heavy atom. The maximum absolute atomic E-state index is 12.3. The molecule has 26 heavy (non-hydrogen) atoms. The lowest BCUT2D eigenvalue weighted by Gasteiger charge is -1.99. The van der Waals surface area contributed by atoms with Gasteiger partial charge in [0.05, 0.1) is 16.8 Å². The normalized spacial score (nSPS) is 11.6. The van der Waals surface area contributed by atoms with E-state index in [0.717, 1.165) is 11.1 Å². The van der Waals surface area contributed by atoms with Crippen molar-refractivity contribution in [3.63, 3.8) is 0 Å². The van der Waals surface area contributed by atoms with E-state index in [1.165, 1.54) is 11.3 Å². The molecule has 0 aliphatic heterocycles. The average Bonchev–Trinajstić information content (AvgIpc) is 3.28. The maximum atomic E-state index is 12.3. The van der Waals surface area contributed by atoms with Crippen molar-refractivity contribution in [1.82, 2.24) is 4.98 Å². The van der Waals surface area contributed by atoms with E-state index >= 15 is 0 Å². The summed E-state index contributed by atoms with van der Waals surface area (Å²) in [5, 5.41) is 12.5. The van der Waals surface area contributed by atoms with Gasteiger partial charge < -0.3 is 8.83 Å². The molecule has 0 radical (unpaired) electrons. The van der Waals surface area contributed by atoms with Crippen molar-refractivity contribution in [2.75, 3.05) is 0 Å². The van der Waals surface area contributed by atoms with E-state index < -0.39 is 5.63 Å². The van der Waals surface area contributed by atoms with Gasteiger partial charge in [0.25, 0.3) is 0 Å². The summed E-state index contributed by atoms with van der Waals surface area (Å²) in [5.74, 6) is 1.35. The number of thiazole rings is 1. The first-order valence-corrected chi connectivity index (χ1v) is 8.69. The minimum absolute atomic E-state index is 0.373. The quantitative estimate of drug-likeness (QED) is 0.384. The predicted molar refractivity (Wildman–Crippen MR) is 101 cm³/mol. The third-order valence-electron chi connectivity index (χ3n) is 3.82. The number of fused-ring (bicyclic) bond motifs is 1. The first-order valence-electron chi connectivity index (χ1n) is 7.81. The topological polar surface area (TPSA) is 80.0 Å². The van der Waals surface area contributed by atoms with Gasteiger partial charge in [-0.25, -0.2) is 9.78 Å². The molecular formula is C20H12N2O3S. The highest BCUT2D eigenvalue weighted by Gasteiger charge is 2.14. The summed E-state index contributed by atoms with van der Waals surface area (Å²) in [7, 11) is 0. The largest absolute Gasteiger partial charge is 0.462 e. The van der Waals surface area contributed by atoms with Crippen molar-refractivity contribution in [3.05, 3.63) is 74.8 Å². The molecule has 0 N–H and O–H groups in total. The molecule has 0 saturated carbocycles. The third kappa shape index (κ3) is 2.96. The fourth-order valence-electron chi connectivity index (χ4n) is 2.58. The monoisotopic (exact) mass is 360 g/mol. The lowest BCUT2D eigenvalue weighted by molar-refractivity contribution is 0.525. The van der Waals surface area contributed by atoms with Crippen LogP contribution in [0.15, 0.2) is 61.5 Å². The van der Waals surface area contributed by atoms with Crippen LogP contribution in [0.5, 0.6) is 0 Å². The lowest BCUT2D eigenvalue weighted by Crippen LogP contribution is -2.02. The molecule has 0 spiro atoms. The van der Waals surface area contributed by atoms with Crippen LogP contribution in [0.3, 0.4) is 0 Å². The Kier molecular flexibility index (Phi) is 3.99. The smallest absolute Gasteiger partial charge is 0.345 e. The number of aryl methyl sites for hydroxylation is 1. The molecule has 126 valence electrons. The van der Waals surface area contributed by atoms with Crippen LogP contribution in [0.1, 0.15) is 16.5 Å². The van der Waals surface area contributed by atoms with E-state index in [-0.39, 0.29) is 0 Å². The number of hydrogen-bond acceptors (Lipinski definition) is 6. The van der Waals surface area contributed by atoms with Gasteiger partial charge in [-0.2, -0.15) is 5.26 Å². The van der Waals surface area contributed by atoms with Crippen molar-refractivity contribution < 1.29 is 8.83 Å². The van der Waals surface area contributed by atoms with E-state index in [2.05, 4.69) is 11.1 Å². The Bertz CT molecular complexity index is 1240. The first-order chi connectivity index (χ1) is 12.6. The van der Waals surface area contributed by atoms with Gasteiger partial charge in [0.2, 0.25) is 0 Å². The molecule has 6 heteroatoms. The van der Waals surface area contributed by atoms with Crippen molar-refractivity contribution in [1.29, 1.82) is 5.26 Å². The summed E-state index contributed by atoms with van der Waals surface area (Å²) in [6, 6.07) is 14.8. The number of nitriles is 1. The summed E-state index contributed by atoms with van der Waals surface area (Å²) in [6.07, 6.45) is 1.64. The molecule has 0 atom stereocenters. The third-order valence-corrected chi connectivity index (χ3v) is 4.70. The average molecular weight is 360 g/mol. The first kappa shape index (κ1) is 16.1. The molecule has 3 heterocycles. The van der Waals surface area contributed by atoms with Gasteiger partial charge in [0.15, 0.2) is 0 Å². The molecule has 3 aromatic heterocycles. The second-order valence-corrected chi connectivity index (χ2v) is 6.50. The molecule has 4 aromatic rings. The van der Waals surface area contributed by atoms with Gasteiger partial charge in [0.1, 0.15) is 28.2 Å². The molecule has 0 bridgehead atoms. The Labute approximate surface area is 152 Å². The summed E-state index contributed by atoms with van der Waals surface area (Å²) in [6.45, 7) is 1.84. The van der Waals surface area contributed by atoms with Gasteiger partial charge in [-0.05, 0) is 31.2 Å². The van der Waals surface area contributed by atoms with Crippen LogP contribution in [0.2, 0.25) is 0 Å². The van der Waals surface area contributed by atoms with Crippen LogP contribution in [-0.2, 0) is 0 Å². The standard InChI is InChI=1S/C20H12N2O3S/c1-12-6-7-15(24-12)8-14(10-21)19-22-17(11-26-19)16-9-13-4-2-3-5-18(13)25-20(16)23/h2-9,11H,1H3/b14-8-. The lowest BCUT2D eigenvalue weighted by atomic mass is 10.1. The molecule has 4 rings (SSSR count). The number of furan rings is 1. The van der Waals surface area contributed by atoms with Crippen molar-refractivity contribution in [3.8, 4) is 17.3 Å². The van der Waals surface area contributed by atoms with Gasteiger partial charge in [-0.15, -0.1) is 11.3 Å². The highest BCUT2D eigenvalue weighted by molar-refractivity contribution is 7.11. The van der Waals surface area contributed by atoms with Crippen LogP contribution in [0, 0.1) is 18.3 Å². The van der Waals surface area contributed by atoms with Crippen molar-refractivity contribution in [2.24, 2.45) is 0 Å². The van der Waals surface area contributed by atoms with Crippen LogP contribution in [0.4, 0.5) is 0 Å². The van der Waals surface area contributed by atoms with Crippen LogP contribution in [-0.4, -0.2) is 4.98 Å². The summed E-state index contributed by atoms with van der Waals surface area (Å²) >= 11 is 1.29. The fourth-order valence-corrected chi connectivity index (χ4v) is 3.36. The molecule has 0 fully saturated rings. The molecule has 0 aliphatic carbocycles. The number of benzene rings is 1. The maximum Gasteiger partial charge on any atom is 0.345 e. The van der Waals surface area contributed by atoms with E-state index in [9.17, 15) is 10.1 Å². The molecular weight excluding hydrogens is 348 g/mol. The molecule has 0 amide bonds. The molecule has 0 saturated heterocycles. The Balaban J connectivity index is 1.76. The zero-order valence-corrected chi connectivity index (χ0v) is 14.5. The molecule has 5 nitrogen and oxygen atoms in total. The SMILES string of the molecule is Cc1ccc(/C=C(/C#N)c2nc(-c3cc4ccccc4oc3=O)cs2)o1. The van der Waals surface area contributed by atoms with Crippen LogP contribution < -0.4 is 5.63 Å². The molecule has 0 unspecified atom stereocenters. The summed E-state index contributed by atoms with van der Waals surface area (Å²) in [4.78, 5) is 16.7. The number of para-hydroxylation sites is 1. The van der Waals surface area contributed by atoms with Gasteiger partial charge in [0, 0.05) is 16.8 Å². The molecule has 1 aromatic carbocycles.